The zero-order valence-corrected chi connectivity index (χ0v) is 42.7. The van der Waals surface area contributed by atoms with Crippen LogP contribution >= 0.6 is 0 Å². The summed E-state index contributed by atoms with van der Waals surface area (Å²) in [7, 11) is -5.23. The summed E-state index contributed by atoms with van der Waals surface area (Å²) in [6, 6.07) is 0. The summed E-state index contributed by atoms with van der Waals surface area (Å²) >= 11 is 0. The smallest absolute Gasteiger partial charge is 0.681 e. The van der Waals surface area contributed by atoms with Gasteiger partial charge in [0.05, 0.1) is 0 Å². The van der Waals surface area contributed by atoms with E-state index in [0.717, 1.165) is 0 Å². The monoisotopic (exact) mass is 832 g/mol. The minimum atomic E-state index is -1.31. The summed E-state index contributed by atoms with van der Waals surface area (Å²) < 4.78 is 0. The van der Waals surface area contributed by atoms with E-state index in [1.165, 1.54) is 51.0 Å². The molecule has 0 unspecified atom stereocenters. The molecule has 0 bridgehead atoms. The van der Waals surface area contributed by atoms with Crippen molar-refractivity contribution in [2.45, 2.75) is 186 Å². The first-order valence-electron chi connectivity index (χ1n) is 19.8. The second-order valence-electron chi connectivity index (χ2n) is 16.5. The van der Waals surface area contributed by atoms with Crippen LogP contribution in [0.5, 0.6) is 0 Å². The van der Waals surface area contributed by atoms with Crippen LogP contribution in [0.2, 0.25) is 77.7 Å². The maximum Gasteiger partial charge on any atom is 3.00 e. The molecular formula is C36H76B4Fe2N4Si4+2. The molecule has 4 rings (SSSR count). The van der Waals surface area contributed by atoms with Crippen LogP contribution in [0, 0.1) is 0 Å². The Hall–Kier alpha value is 0.966. The van der Waals surface area contributed by atoms with Crippen LogP contribution in [0.15, 0.2) is 42.7 Å². The van der Waals surface area contributed by atoms with Gasteiger partial charge in [0.25, 0.3) is 0 Å². The normalized spacial score (nSPS) is 21.4. The average molecular weight is 832 g/mol. The average Bonchev–Trinajstić information content (AvgIpc) is 3.60. The Kier molecular flexibility index (Phi) is 23.9. The van der Waals surface area contributed by atoms with Crippen molar-refractivity contribution < 1.29 is 34.1 Å². The second-order valence-corrected chi connectivity index (χ2v) is 33.0. The van der Waals surface area contributed by atoms with Crippen molar-refractivity contribution in [2.75, 3.05) is 0 Å². The quantitative estimate of drug-likeness (QED) is 0.219. The Bertz CT molecular complexity index is 1040. The number of rotatable bonds is 8. The summed E-state index contributed by atoms with van der Waals surface area (Å²) in [6.45, 7) is 48.3. The summed E-state index contributed by atoms with van der Waals surface area (Å²) in [4.78, 5) is 19.7. The van der Waals surface area contributed by atoms with Gasteiger partial charge in [-0.25, -0.2) is 0 Å². The van der Waals surface area contributed by atoms with Gasteiger partial charge in [-0.15, -0.1) is 42.7 Å². The third-order valence-electron chi connectivity index (χ3n) is 12.2. The van der Waals surface area contributed by atoms with Gasteiger partial charge in [0.1, 0.15) is 0 Å². The molecule has 0 N–H and O–H groups in total. The van der Waals surface area contributed by atoms with Gasteiger partial charge in [-0.1, -0.05) is 133 Å². The number of nitrogens with zero attached hydrogens (tertiary/aromatic N) is 4. The van der Waals surface area contributed by atoms with Gasteiger partial charge in [-0.05, 0) is 86.3 Å². The Labute approximate surface area is 340 Å². The fourth-order valence-corrected chi connectivity index (χ4v) is 17.9. The van der Waals surface area contributed by atoms with E-state index < -0.39 is 32.9 Å². The van der Waals surface area contributed by atoms with Crippen LogP contribution < -0.4 is 0 Å². The van der Waals surface area contributed by atoms with Crippen molar-refractivity contribution in [2.24, 2.45) is 0 Å². The topological polar surface area (TPSA) is 56.4 Å². The summed E-state index contributed by atoms with van der Waals surface area (Å²) in [5.74, 6) is 0. The first-order valence-corrected chi connectivity index (χ1v) is 31.6. The van der Waals surface area contributed by atoms with E-state index in [2.05, 4.69) is 135 Å². The summed E-state index contributed by atoms with van der Waals surface area (Å²) in [5, 5.41) is 6.54. The van der Waals surface area contributed by atoms with Crippen LogP contribution in [0.25, 0.3) is 19.6 Å². The first-order chi connectivity index (χ1) is 22.1. The van der Waals surface area contributed by atoms with Crippen molar-refractivity contribution in [3.05, 3.63) is 62.2 Å². The van der Waals surface area contributed by atoms with Crippen LogP contribution in [-0.4, -0.2) is 60.3 Å². The molecule has 4 aliphatic heterocycles. The molecular weight excluding hydrogens is 756 g/mol. The molecule has 14 heteroatoms. The van der Waals surface area contributed by atoms with Crippen LogP contribution in [-0.2, 0) is 34.1 Å². The van der Waals surface area contributed by atoms with Crippen molar-refractivity contribution >= 4 is 60.3 Å². The molecule has 0 saturated heterocycles. The molecule has 4 heterocycles. The third kappa shape index (κ3) is 13.0. The molecule has 0 aromatic rings. The molecule has 0 spiro atoms. The molecule has 50 heavy (non-hydrogen) atoms. The number of hydrogen-bond donors (Lipinski definition) is 0. The predicted molar refractivity (Wildman–Crippen MR) is 240 cm³/mol. The first kappa shape index (κ1) is 53.1. The molecule has 2 radical (unpaired) electrons. The maximum atomic E-state index is 4.94. The van der Waals surface area contributed by atoms with E-state index in [4.69, 9.17) is 19.6 Å². The second kappa shape index (κ2) is 22.5. The molecule has 4 aliphatic rings. The minimum absolute atomic E-state index is 0. The Morgan fingerprint density at radius 3 is 0.560 bits per heavy atom. The van der Waals surface area contributed by atoms with Crippen molar-refractivity contribution in [3.63, 3.8) is 0 Å². The molecule has 0 aromatic heterocycles. The molecule has 4 nitrogen and oxygen atoms in total. The molecule has 0 atom stereocenters. The zero-order valence-electron chi connectivity index (χ0n) is 36.5. The molecule has 282 valence electrons. The van der Waals surface area contributed by atoms with Gasteiger partial charge in [0, 0.05) is 27.4 Å². The van der Waals surface area contributed by atoms with Crippen molar-refractivity contribution in [1.82, 2.24) is 0 Å². The SMILES string of the molecule is CCB1[N-][Si](C)(C)C(C)=C1CC.CCB1[N-][Si](C)(C)C(C)=C1CC.CCB1[N-][Si](C)(C)C(C)=C1CC.CCB1[N-][Si](C)(C)C(C)=C1CC.[Fe+3].[Fe+3]. The Balaban J connectivity index is 0. The summed E-state index contributed by atoms with van der Waals surface area (Å²) in [5.41, 5.74) is 6.53. The van der Waals surface area contributed by atoms with E-state index in [1.807, 2.05) is 0 Å². The molecule has 0 saturated carbocycles. The van der Waals surface area contributed by atoms with E-state index in [1.54, 1.807) is 42.7 Å². The number of allylic oxidation sites excluding steroid dienone is 8. The van der Waals surface area contributed by atoms with E-state index in [9.17, 15) is 0 Å². The zero-order chi connectivity index (χ0) is 37.4. The molecule has 0 aliphatic carbocycles. The Morgan fingerprint density at radius 2 is 0.480 bits per heavy atom. The van der Waals surface area contributed by atoms with Crippen LogP contribution in [0.4, 0.5) is 0 Å². The van der Waals surface area contributed by atoms with Crippen molar-refractivity contribution in [1.29, 1.82) is 0 Å². The standard InChI is InChI=1S/4C9H19BNSi.2Fe/c4*1-6-9-8(3)12(4,5)11-10(9)7-2;;/h4*6-7H2,1-5H3;;/q4*-1;2*+3. The van der Waals surface area contributed by atoms with Gasteiger partial charge in [0.15, 0.2) is 0 Å². The van der Waals surface area contributed by atoms with E-state index >= 15 is 0 Å². The fourth-order valence-electron chi connectivity index (χ4n) is 8.18. The maximum absolute atomic E-state index is 4.94. The third-order valence-corrected chi connectivity index (χ3v) is 24.6. The van der Waals surface area contributed by atoms with Gasteiger partial charge in [-0.2, -0.15) is 0 Å². The van der Waals surface area contributed by atoms with Gasteiger partial charge >= 0.3 is 34.1 Å². The largest absolute Gasteiger partial charge is 3.00 e. The van der Waals surface area contributed by atoms with Gasteiger partial charge in [0.2, 0.25) is 0 Å². The van der Waals surface area contributed by atoms with Crippen LogP contribution in [0.1, 0.15) is 109 Å². The van der Waals surface area contributed by atoms with Crippen LogP contribution in [0.3, 0.4) is 0 Å². The van der Waals surface area contributed by atoms with E-state index in [-0.39, 0.29) is 34.1 Å². The Morgan fingerprint density at radius 1 is 0.340 bits per heavy atom. The van der Waals surface area contributed by atoms with Crippen molar-refractivity contribution in [3.8, 4) is 0 Å². The summed E-state index contributed by atoms with van der Waals surface area (Å²) in [6.07, 6.45) is 9.56. The van der Waals surface area contributed by atoms with Gasteiger partial charge in [-0.3, -0.25) is 0 Å². The van der Waals surface area contributed by atoms with Gasteiger partial charge < -0.3 is 19.6 Å². The minimum Gasteiger partial charge on any atom is -0.681 e. The predicted octanol–water partition coefficient (Wildman–Crippen LogP) is 13.6. The molecule has 0 fully saturated rings. The fraction of sp³-hybridized carbons (Fsp3) is 0.778. The van der Waals surface area contributed by atoms with E-state index in [0.29, 0.717) is 27.4 Å². The number of hydrogen-bond acceptors (Lipinski definition) is 0. The molecule has 0 aromatic carbocycles. The molecule has 0 amide bonds.